The van der Waals surface area contributed by atoms with Gasteiger partial charge in [-0.1, -0.05) is 30.3 Å². The molecule has 1 fully saturated rings. The van der Waals surface area contributed by atoms with Crippen LogP contribution in [0.15, 0.2) is 88.7 Å². The summed E-state index contributed by atoms with van der Waals surface area (Å²) in [5.41, 5.74) is 1.30. The first kappa shape index (κ1) is 23.3. The smallest absolute Gasteiger partial charge is 0.264 e. The maximum atomic E-state index is 13.6. The summed E-state index contributed by atoms with van der Waals surface area (Å²) >= 11 is 0. The Morgan fingerprint density at radius 3 is 1.94 bits per heavy atom. The van der Waals surface area contributed by atoms with Crippen molar-refractivity contribution in [1.82, 2.24) is 4.31 Å². The molecular weight excluding hydrogens is 460 g/mol. The van der Waals surface area contributed by atoms with E-state index in [-0.39, 0.29) is 16.3 Å². The van der Waals surface area contributed by atoms with E-state index in [1.807, 2.05) is 30.3 Å². The van der Waals surface area contributed by atoms with E-state index in [2.05, 4.69) is 0 Å². The largest absolute Gasteiger partial charge is 0.497 e. The molecule has 0 amide bonds. The molecular formula is C24H26N2O5S2. The van der Waals surface area contributed by atoms with Crippen molar-refractivity contribution in [2.24, 2.45) is 0 Å². The lowest BCUT2D eigenvalue weighted by Gasteiger charge is -2.25. The third-order valence-electron chi connectivity index (χ3n) is 5.64. The van der Waals surface area contributed by atoms with Crippen LogP contribution in [0.2, 0.25) is 0 Å². The number of ether oxygens (including phenoxy) is 1. The van der Waals surface area contributed by atoms with E-state index in [1.165, 1.54) is 32.9 Å². The summed E-state index contributed by atoms with van der Waals surface area (Å²) in [4.78, 5) is 0.122. The van der Waals surface area contributed by atoms with Gasteiger partial charge < -0.3 is 4.74 Å². The number of benzene rings is 3. The van der Waals surface area contributed by atoms with Crippen molar-refractivity contribution in [2.45, 2.75) is 29.2 Å². The Morgan fingerprint density at radius 2 is 1.36 bits per heavy atom. The molecule has 3 aromatic rings. The summed E-state index contributed by atoms with van der Waals surface area (Å²) in [6.45, 7) is 1.11. The highest BCUT2D eigenvalue weighted by Gasteiger charge is 2.29. The summed E-state index contributed by atoms with van der Waals surface area (Å²) in [7, 11) is -6.04. The molecule has 1 heterocycles. The molecule has 33 heavy (non-hydrogen) atoms. The second-order valence-electron chi connectivity index (χ2n) is 7.78. The average Bonchev–Trinajstić information content (AvgIpc) is 3.39. The second kappa shape index (κ2) is 9.54. The van der Waals surface area contributed by atoms with Gasteiger partial charge in [0.05, 0.1) is 29.1 Å². The first-order chi connectivity index (χ1) is 15.8. The van der Waals surface area contributed by atoms with E-state index in [1.54, 1.807) is 31.4 Å². The summed E-state index contributed by atoms with van der Waals surface area (Å²) in [6.07, 6.45) is 1.67. The van der Waals surface area contributed by atoms with E-state index in [9.17, 15) is 16.8 Å². The zero-order valence-corrected chi connectivity index (χ0v) is 19.9. The SMILES string of the molecule is COc1ccc(N(Cc2ccccc2)S(=O)(=O)c2ccc(S(=O)(=O)N3CCCC3)cc2)cc1. The molecule has 174 valence electrons. The minimum atomic E-state index is -3.97. The molecule has 4 rings (SSSR count). The van der Waals surface area contributed by atoms with Crippen LogP contribution in [0.4, 0.5) is 5.69 Å². The van der Waals surface area contributed by atoms with Gasteiger partial charge in [-0.3, -0.25) is 4.31 Å². The molecule has 0 N–H and O–H groups in total. The minimum absolute atomic E-state index is 0.0228. The van der Waals surface area contributed by atoms with Gasteiger partial charge in [-0.2, -0.15) is 4.31 Å². The van der Waals surface area contributed by atoms with E-state index >= 15 is 0 Å². The first-order valence-electron chi connectivity index (χ1n) is 10.6. The van der Waals surface area contributed by atoms with E-state index in [4.69, 9.17) is 4.74 Å². The van der Waals surface area contributed by atoms with Gasteiger partial charge in [0.25, 0.3) is 10.0 Å². The van der Waals surface area contributed by atoms with Crippen LogP contribution in [0.5, 0.6) is 5.75 Å². The number of sulfonamides is 2. The van der Waals surface area contributed by atoms with Gasteiger partial charge in [-0.15, -0.1) is 0 Å². The van der Waals surface area contributed by atoms with Crippen molar-refractivity contribution in [3.63, 3.8) is 0 Å². The van der Waals surface area contributed by atoms with Crippen LogP contribution in [-0.4, -0.2) is 41.3 Å². The summed E-state index contributed by atoms with van der Waals surface area (Å²) in [5, 5.41) is 0. The average molecular weight is 487 g/mol. The lowest BCUT2D eigenvalue weighted by Crippen LogP contribution is -2.31. The fraction of sp³-hybridized carbons (Fsp3) is 0.250. The number of nitrogens with zero attached hydrogens (tertiary/aromatic N) is 2. The number of methoxy groups -OCH3 is 1. The van der Waals surface area contributed by atoms with Crippen LogP contribution in [0.1, 0.15) is 18.4 Å². The molecule has 1 saturated heterocycles. The third-order valence-corrected chi connectivity index (χ3v) is 9.34. The van der Waals surface area contributed by atoms with Gasteiger partial charge in [0.1, 0.15) is 5.75 Å². The van der Waals surface area contributed by atoms with Gasteiger partial charge in [-0.25, -0.2) is 16.8 Å². The maximum Gasteiger partial charge on any atom is 0.264 e. The number of hydrogen-bond acceptors (Lipinski definition) is 5. The van der Waals surface area contributed by atoms with Gasteiger partial charge in [0.15, 0.2) is 0 Å². The second-order valence-corrected chi connectivity index (χ2v) is 11.6. The Bertz CT molecular complexity index is 1290. The van der Waals surface area contributed by atoms with Crippen molar-refractivity contribution in [3.8, 4) is 5.75 Å². The highest BCUT2D eigenvalue weighted by molar-refractivity contribution is 7.92. The fourth-order valence-corrected chi connectivity index (χ4v) is 6.77. The minimum Gasteiger partial charge on any atom is -0.497 e. The highest BCUT2D eigenvalue weighted by Crippen LogP contribution is 2.29. The lowest BCUT2D eigenvalue weighted by atomic mass is 10.2. The Kier molecular flexibility index (Phi) is 6.73. The topological polar surface area (TPSA) is 84.0 Å². The predicted molar refractivity (Wildman–Crippen MR) is 127 cm³/mol. The molecule has 9 heteroatoms. The Morgan fingerprint density at radius 1 is 0.788 bits per heavy atom. The zero-order valence-electron chi connectivity index (χ0n) is 18.3. The van der Waals surface area contributed by atoms with Crippen LogP contribution in [0, 0.1) is 0 Å². The van der Waals surface area contributed by atoms with Crippen molar-refractivity contribution >= 4 is 25.7 Å². The Balaban J connectivity index is 1.69. The maximum absolute atomic E-state index is 13.6. The Hall–Kier alpha value is -2.88. The number of hydrogen-bond donors (Lipinski definition) is 0. The Labute approximate surface area is 195 Å². The van der Waals surface area contributed by atoms with Crippen molar-refractivity contribution in [2.75, 3.05) is 24.5 Å². The molecule has 0 spiro atoms. The lowest BCUT2D eigenvalue weighted by molar-refractivity contribution is 0.415. The van der Waals surface area contributed by atoms with Crippen LogP contribution in [0.25, 0.3) is 0 Å². The van der Waals surface area contributed by atoms with Gasteiger partial charge in [-0.05, 0) is 66.9 Å². The van der Waals surface area contributed by atoms with Crippen LogP contribution < -0.4 is 9.04 Å². The summed E-state index contributed by atoms with van der Waals surface area (Å²) < 4.78 is 60.8. The van der Waals surface area contributed by atoms with Gasteiger partial charge in [0.2, 0.25) is 10.0 Å². The normalized spacial score (nSPS) is 14.8. The van der Waals surface area contributed by atoms with E-state index in [0.717, 1.165) is 18.4 Å². The van der Waals surface area contributed by atoms with E-state index in [0.29, 0.717) is 24.5 Å². The fourth-order valence-electron chi connectivity index (χ4n) is 3.80. The monoisotopic (exact) mass is 486 g/mol. The van der Waals surface area contributed by atoms with Crippen molar-refractivity contribution in [3.05, 3.63) is 84.4 Å². The molecule has 1 aliphatic heterocycles. The standard InChI is InChI=1S/C24H26N2O5S2/c1-31-22-11-9-21(10-12-22)26(19-20-7-3-2-4-8-20)33(29,30)24-15-13-23(14-16-24)32(27,28)25-17-5-6-18-25/h2-4,7-16H,5-6,17-19H2,1H3. The quantitative estimate of drug-likeness (QED) is 0.483. The van der Waals surface area contributed by atoms with Crippen molar-refractivity contribution in [1.29, 1.82) is 0 Å². The molecule has 0 atom stereocenters. The zero-order chi connectivity index (χ0) is 23.5. The van der Waals surface area contributed by atoms with Crippen LogP contribution in [0.3, 0.4) is 0 Å². The molecule has 0 saturated carbocycles. The molecule has 0 radical (unpaired) electrons. The highest BCUT2D eigenvalue weighted by atomic mass is 32.2. The first-order valence-corrected chi connectivity index (χ1v) is 13.5. The molecule has 7 nitrogen and oxygen atoms in total. The third kappa shape index (κ3) is 4.90. The molecule has 0 aliphatic carbocycles. The molecule has 3 aromatic carbocycles. The summed E-state index contributed by atoms with van der Waals surface area (Å²) in [6, 6.07) is 21.5. The molecule has 0 aromatic heterocycles. The summed E-state index contributed by atoms with van der Waals surface area (Å²) in [5.74, 6) is 0.618. The number of rotatable bonds is 8. The van der Waals surface area contributed by atoms with Crippen LogP contribution in [-0.2, 0) is 26.6 Å². The molecule has 0 bridgehead atoms. The van der Waals surface area contributed by atoms with Gasteiger partial charge >= 0.3 is 0 Å². The van der Waals surface area contributed by atoms with Gasteiger partial charge in [0, 0.05) is 13.1 Å². The molecule has 1 aliphatic rings. The predicted octanol–water partition coefficient (Wildman–Crippen LogP) is 3.88. The number of anilines is 1. The van der Waals surface area contributed by atoms with E-state index < -0.39 is 20.0 Å². The van der Waals surface area contributed by atoms with Crippen LogP contribution >= 0.6 is 0 Å². The van der Waals surface area contributed by atoms with Crippen molar-refractivity contribution < 1.29 is 21.6 Å². The molecule has 0 unspecified atom stereocenters.